The van der Waals surface area contributed by atoms with Crippen LogP contribution in [0.2, 0.25) is 0 Å². The van der Waals surface area contributed by atoms with Gasteiger partial charge in [-0.3, -0.25) is 0 Å². The number of aromatic carboxylic acids is 4. The van der Waals surface area contributed by atoms with Crippen molar-refractivity contribution in [2.24, 2.45) is 0 Å². The fraction of sp³-hybridized carbons (Fsp3) is 0. The topological polar surface area (TPSA) is 149 Å². The summed E-state index contributed by atoms with van der Waals surface area (Å²) in [6.07, 6.45) is 0. The average molecular weight is 426 g/mol. The van der Waals surface area contributed by atoms with E-state index in [9.17, 15) is 24.3 Å². The first-order chi connectivity index (χ1) is 11.2. The number of hydrogen-bond acceptors (Lipinski definition) is 4. The number of rotatable bonds is 5. The Bertz CT molecular complexity index is 898. The quantitative estimate of drug-likeness (QED) is 0.470. The molecule has 0 heterocycles. The molecule has 0 radical (unpaired) electrons. The minimum atomic E-state index is -1.50. The van der Waals surface area contributed by atoms with Gasteiger partial charge in [-0.1, -0.05) is 18.2 Å². The van der Waals surface area contributed by atoms with Gasteiger partial charge in [-0.25, -0.2) is 19.2 Å². The molecule has 2 aromatic rings. The molecule has 0 bridgehead atoms. The molecule has 2 rings (SSSR count). The number of carboxylic acid groups (broad SMARTS) is 4. The minimum absolute atomic E-state index is 0. The van der Waals surface area contributed by atoms with E-state index in [0.717, 1.165) is 18.2 Å². The summed E-state index contributed by atoms with van der Waals surface area (Å²) in [7, 11) is 0. The third-order valence-corrected chi connectivity index (χ3v) is 3.30. The van der Waals surface area contributed by atoms with Gasteiger partial charge in [-0.15, -0.1) is 0 Å². The summed E-state index contributed by atoms with van der Waals surface area (Å²) < 4.78 is 0. The van der Waals surface area contributed by atoms with E-state index in [1.165, 1.54) is 18.2 Å². The van der Waals surface area contributed by atoms with Gasteiger partial charge in [0.1, 0.15) is 0 Å². The molecular formula is C16H14Na4O8. The molecule has 0 atom stereocenters. The summed E-state index contributed by atoms with van der Waals surface area (Å²) in [6, 6.07) is 7.00. The van der Waals surface area contributed by atoms with Crippen LogP contribution in [0.5, 0.6) is 0 Å². The van der Waals surface area contributed by atoms with Crippen LogP contribution in [0.25, 0.3) is 11.1 Å². The van der Waals surface area contributed by atoms with Crippen LogP contribution in [0, 0.1) is 0 Å². The van der Waals surface area contributed by atoms with Crippen LogP contribution in [0.15, 0.2) is 36.4 Å². The van der Waals surface area contributed by atoms with Gasteiger partial charge in [0, 0.05) is 0 Å². The van der Waals surface area contributed by atoms with Crippen LogP contribution >= 0.6 is 0 Å². The molecule has 4 N–H and O–H groups in total. The van der Waals surface area contributed by atoms with Crippen molar-refractivity contribution >= 4 is 142 Å². The summed E-state index contributed by atoms with van der Waals surface area (Å²) in [5.41, 5.74) is -1.90. The van der Waals surface area contributed by atoms with Crippen molar-refractivity contribution in [1.82, 2.24) is 0 Å². The first kappa shape index (κ1) is 33.0. The molecule has 8 nitrogen and oxygen atoms in total. The molecule has 0 aliphatic heterocycles. The second-order valence-electron chi connectivity index (χ2n) is 4.71. The maximum atomic E-state index is 11.4. The number of carboxylic acids is 4. The number of hydrogen-bond donors (Lipinski definition) is 4. The third-order valence-electron chi connectivity index (χ3n) is 3.30. The zero-order chi connectivity index (χ0) is 18.0. The zero-order valence-electron chi connectivity index (χ0n) is 11.9. The monoisotopic (exact) mass is 426 g/mol. The second-order valence-corrected chi connectivity index (χ2v) is 4.71. The molecule has 2 aromatic carbocycles. The van der Waals surface area contributed by atoms with Gasteiger partial charge in [0.15, 0.2) is 0 Å². The van der Waals surface area contributed by atoms with Gasteiger partial charge < -0.3 is 20.4 Å². The van der Waals surface area contributed by atoms with Crippen LogP contribution in [0.3, 0.4) is 0 Å². The first-order valence-corrected chi connectivity index (χ1v) is 6.44. The van der Waals surface area contributed by atoms with Crippen LogP contribution in [-0.4, -0.2) is 163 Å². The Morgan fingerprint density at radius 2 is 1.07 bits per heavy atom. The van der Waals surface area contributed by atoms with Crippen molar-refractivity contribution < 1.29 is 39.6 Å². The second kappa shape index (κ2) is 14.3. The Morgan fingerprint density at radius 3 is 1.50 bits per heavy atom. The van der Waals surface area contributed by atoms with Gasteiger partial charge in [-0.2, -0.15) is 0 Å². The van der Waals surface area contributed by atoms with Crippen molar-refractivity contribution in [3.8, 4) is 11.1 Å². The summed E-state index contributed by atoms with van der Waals surface area (Å²) in [5, 5.41) is 36.5. The van der Waals surface area contributed by atoms with Gasteiger partial charge in [-0.05, 0) is 29.3 Å². The van der Waals surface area contributed by atoms with Crippen molar-refractivity contribution in [2.75, 3.05) is 0 Å². The van der Waals surface area contributed by atoms with Crippen LogP contribution < -0.4 is 0 Å². The van der Waals surface area contributed by atoms with Crippen LogP contribution in [0.1, 0.15) is 41.4 Å². The van der Waals surface area contributed by atoms with E-state index >= 15 is 0 Å². The fourth-order valence-corrected chi connectivity index (χ4v) is 2.28. The Labute approximate surface area is 247 Å². The average Bonchev–Trinajstić information content (AvgIpc) is 2.53. The molecule has 0 saturated heterocycles. The Morgan fingerprint density at radius 1 is 0.571 bits per heavy atom. The van der Waals surface area contributed by atoms with E-state index in [1.807, 2.05) is 0 Å². The molecule has 0 aliphatic rings. The standard InChI is InChI=1S/C16H10O8.4Na.4H/c17-13(18)9-5-4-7(6-11(9)15(21)22)8-2-1-3-10(14(19)20)12(8)16(23)24;;;;;;;;/h1-6H,(H,17,18)(H,19,20)(H,21,22)(H,23,24);;;;;;;;. The fourth-order valence-electron chi connectivity index (χ4n) is 2.28. The van der Waals surface area contributed by atoms with E-state index in [1.54, 1.807) is 0 Å². The molecule has 130 valence electrons. The van der Waals surface area contributed by atoms with Gasteiger partial charge in [0.2, 0.25) is 0 Å². The van der Waals surface area contributed by atoms with Gasteiger partial charge in [0.05, 0.1) is 22.3 Å². The molecule has 0 fully saturated rings. The molecule has 0 unspecified atom stereocenters. The SMILES string of the molecule is O=C(O)c1ccc(-c2cccc(C(=O)O)c2C(=O)O)cc1C(=O)O.[NaH].[NaH].[NaH].[NaH]. The summed E-state index contributed by atoms with van der Waals surface area (Å²) in [6.45, 7) is 0. The van der Waals surface area contributed by atoms with E-state index in [4.69, 9.17) is 15.3 Å². The van der Waals surface area contributed by atoms with Gasteiger partial charge >= 0.3 is 142 Å². The molecule has 0 spiro atoms. The summed E-state index contributed by atoms with van der Waals surface area (Å²) in [5.74, 6) is -5.89. The Balaban J connectivity index is -0.00000156. The molecule has 28 heavy (non-hydrogen) atoms. The van der Waals surface area contributed by atoms with Crippen LogP contribution in [-0.2, 0) is 0 Å². The Kier molecular flexibility index (Phi) is 16.9. The molecular weight excluding hydrogens is 412 g/mol. The predicted molar refractivity (Wildman–Crippen MR) is 108 cm³/mol. The first-order valence-electron chi connectivity index (χ1n) is 6.44. The normalized spacial score (nSPS) is 8.71. The van der Waals surface area contributed by atoms with Crippen molar-refractivity contribution in [1.29, 1.82) is 0 Å². The number of benzene rings is 2. The molecule has 12 heteroatoms. The Hall–Kier alpha value is 0.320. The van der Waals surface area contributed by atoms with E-state index < -0.39 is 46.1 Å². The molecule has 0 aliphatic carbocycles. The van der Waals surface area contributed by atoms with Crippen molar-refractivity contribution in [3.05, 3.63) is 58.7 Å². The zero-order valence-corrected chi connectivity index (χ0v) is 11.9. The maximum absolute atomic E-state index is 11.4. The molecule has 0 amide bonds. The summed E-state index contributed by atoms with van der Waals surface area (Å²) in [4.78, 5) is 44.9. The van der Waals surface area contributed by atoms with E-state index in [-0.39, 0.29) is 129 Å². The van der Waals surface area contributed by atoms with Crippen LogP contribution in [0.4, 0.5) is 0 Å². The van der Waals surface area contributed by atoms with E-state index in [0.29, 0.717) is 0 Å². The van der Waals surface area contributed by atoms with Gasteiger partial charge in [0.25, 0.3) is 0 Å². The van der Waals surface area contributed by atoms with Crippen molar-refractivity contribution in [2.45, 2.75) is 0 Å². The van der Waals surface area contributed by atoms with Crippen molar-refractivity contribution in [3.63, 3.8) is 0 Å². The number of carbonyl (C=O) groups is 4. The molecule has 0 aromatic heterocycles. The third kappa shape index (κ3) is 7.54. The molecule has 0 saturated carbocycles. The van der Waals surface area contributed by atoms with E-state index in [2.05, 4.69) is 0 Å². The predicted octanol–water partition coefficient (Wildman–Crippen LogP) is -0.448. The summed E-state index contributed by atoms with van der Waals surface area (Å²) >= 11 is 0.